The van der Waals surface area contributed by atoms with Gasteiger partial charge < -0.3 is 10.5 Å². The zero-order valence-electron chi connectivity index (χ0n) is 9.53. The van der Waals surface area contributed by atoms with E-state index >= 15 is 0 Å². The molecule has 0 bridgehead atoms. The summed E-state index contributed by atoms with van der Waals surface area (Å²) in [5, 5.41) is 0. The van der Waals surface area contributed by atoms with Gasteiger partial charge in [-0.25, -0.2) is 4.39 Å². The topological polar surface area (TPSA) is 38.5 Å². The summed E-state index contributed by atoms with van der Waals surface area (Å²) in [7, 11) is 0. The number of ether oxygens (including phenoxy) is 1. The molecule has 3 nitrogen and oxygen atoms in total. The number of hydrogen-bond donors (Lipinski definition) is 1. The number of hydrogen-bond acceptors (Lipinski definition) is 3. The maximum Gasteiger partial charge on any atom is 0.124 e. The van der Waals surface area contributed by atoms with Crippen LogP contribution in [-0.4, -0.2) is 37.2 Å². The average Bonchev–Trinajstić information content (AvgIpc) is 2.28. The Hall–Kier alpha value is -0.490. The van der Waals surface area contributed by atoms with Crippen molar-refractivity contribution < 1.29 is 9.13 Å². The van der Waals surface area contributed by atoms with E-state index in [0.717, 1.165) is 16.6 Å². The van der Waals surface area contributed by atoms with Crippen LogP contribution >= 0.6 is 15.9 Å². The Morgan fingerprint density at radius 1 is 1.47 bits per heavy atom. The first-order valence-corrected chi connectivity index (χ1v) is 6.45. The van der Waals surface area contributed by atoms with E-state index in [1.807, 2.05) is 6.07 Å². The molecule has 0 aliphatic carbocycles. The molecule has 1 heterocycles. The van der Waals surface area contributed by atoms with Crippen LogP contribution in [-0.2, 0) is 11.3 Å². The van der Waals surface area contributed by atoms with E-state index < -0.39 is 0 Å². The first-order chi connectivity index (χ1) is 8.19. The van der Waals surface area contributed by atoms with Crippen molar-refractivity contribution in [2.75, 3.05) is 26.3 Å². The van der Waals surface area contributed by atoms with Crippen molar-refractivity contribution in [3.05, 3.63) is 34.1 Å². The van der Waals surface area contributed by atoms with E-state index in [-0.39, 0.29) is 11.9 Å². The molecular formula is C12H16BrFN2O. The van der Waals surface area contributed by atoms with Crippen LogP contribution < -0.4 is 5.73 Å². The van der Waals surface area contributed by atoms with Crippen molar-refractivity contribution in [2.45, 2.75) is 12.6 Å². The van der Waals surface area contributed by atoms with E-state index in [2.05, 4.69) is 20.8 Å². The second kappa shape index (κ2) is 5.91. The predicted molar refractivity (Wildman–Crippen MR) is 68.2 cm³/mol. The summed E-state index contributed by atoms with van der Waals surface area (Å²) in [6.07, 6.45) is 0. The molecule has 1 aliphatic rings. The molecule has 0 radical (unpaired) electrons. The minimum absolute atomic E-state index is 0.216. The summed E-state index contributed by atoms with van der Waals surface area (Å²) in [5.74, 6) is -0.216. The molecule has 2 N–H and O–H groups in total. The molecular weight excluding hydrogens is 287 g/mol. The van der Waals surface area contributed by atoms with Crippen molar-refractivity contribution in [3.63, 3.8) is 0 Å². The van der Waals surface area contributed by atoms with Crippen molar-refractivity contribution in [2.24, 2.45) is 5.73 Å². The van der Waals surface area contributed by atoms with E-state index in [1.165, 1.54) is 6.07 Å². The van der Waals surface area contributed by atoms with Crippen LogP contribution in [0.25, 0.3) is 0 Å². The zero-order chi connectivity index (χ0) is 12.3. The van der Waals surface area contributed by atoms with Crippen LogP contribution in [0.2, 0.25) is 0 Å². The van der Waals surface area contributed by atoms with Gasteiger partial charge in [0, 0.05) is 30.1 Å². The number of morpholine rings is 1. The van der Waals surface area contributed by atoms with Crippen LogP contribution in [0, 0.1) is 5.82 Å². The largest absolute Gasteiger partial charge is 0.378 e. The lowest BCUT2D eigenvalue weighted by atomic mass is 10.1. The molecule has 0 saturated carbocycles. The van der Waals surface area contributed by atoms with Gasteiger partial charge in [0.15, 0.2) is 0 Å². The van der Waals surface area contributed by atoms with Gasteiger partial charge in [0.25, 0.3) is 0 Å². The third kappa shape index (κ3) is 3.48. The highest BCUT2D eigenvalue weighted by atomic mass is 79.9. The predicted octanol–water partition coefficient (Wildman–Crippen LogP) is 1.75. The number of rotatable bonds is 3. The van der Waals surface area contributed by atoms with Crippen LogP contribution in [0.15, 0.2) is 22.7 Å². The molecule has 1 aromatic carbocycles. The summed E-state index contributed by atoms with van der Waals surface area (Å²) in [6, 6.07) is 5.19. The molecule has 1 fully saturated rings. The smallest absolute Gasteiger partial charge is 0.124 e. The summed E-state index contributed by atoms with van der Waals surface area (Å²) in [4.78, 5) is 2.24. The Balaban J connectivity index is 2.08. The van der Waals surface area contributed by atoms with E-state index in [0.29, 0.717) is 26.3 Å². The van der Waals surface area contributed by atoms with Gasteiger partial charge in [0.05, 0.1) is 13.2 Å². The second-order valence-corrected chi connectivity index (χ2v) is 5.13. The Labute approximate surface area is 109 Å². The van der Waals surface area contributed by atoms with Gasteiger partial charge in [-0.15, -0.1) is 0 Å². The van der Waals surface area contributed by atoms with Crippen LogP contribution in [0.1, 0.15) is 5.56 Å². The Kier molecular flexibility index (Phi) is 4.50. The maximum atomic E-state index is 13.3. The molecule has 0 aromatic heterocycles. The summed E-state index contributed by atoms with van der Waals surface area (Å²) < 4.78 is 19.4. The fourth-order valence-electron chi connectivity index (χ4n) is 2.05. The summed E-state index contributed by atoms with van der Waals surface area (Å²) in [6.45, 7) is 3.49. The lowest BCUT2D eigenvalue weighted by Gasteiger charge is -2.34. The molecule has 1 aliphatic heterocycles. The van der Waals surface area contributed by atoms with Gasteiger partial charge in [0.1, 0.15) is 5.82 Å². The molecule has 1 unspecified atom stereocenters. The van der Waals surface area contributed by atoms with Crippen molar-refractivity contribution in [1.29, 1.82) is 0 Å². The van der Waals surface area contributed by atoms with Gasteiger partial charge in [-0.3, -0.25) is 4.90 Å². The van der Waals surface area contributed by atoms with Gasteiger partial charge in [-0.05, 0) is 23.8 Å². The van der Waals surface area contributed by atoms with Crippen LogP contribution in [0.5, 0.6) is 0 Å². The average molecular weight is 303 g/mol. The standard InChI is InChI=1S/C12H16BrFN2O/c13-10-3-9(4-11(14)5-10)7-16-1-2-17-8-12(16)6-15/h3-5,12H,1-2,6-8,15H2. The fourth-order valence-corrected chi connectivity index (χ4v) is 2.56. The van der Waals surface area contributed by atoms with E-state index in [1.54, 1.807) is 6.07 Å². The highest BCUT2D eigenvalue weighted by molar-refractivity contribution is 9.10. The van der Waals surface area contributed by atoms with Crippen LogP contribution in [0.4, 0.5) is 4.39 Å². The van der Waals surface area contributed by atoms with Gasteiger partial charge >= 0.3 is 0 Å². The molecule has 17 heavy (non-hydrogen) atoms. The minimum atomic E-state index is -0.216. The Bertz CT molecular complexity index is 369. The maximum absolute atomic E-state index is 13.3. The van der Waals surface area contributed by atoms with Gasteiger partial charge in [-0.2, -0.15) is 0 Å². The van der Waals surface area contributed by atoms with Gasteiger partial charge in [0.2, 0.25) is 0 Å². The number of halogens is 2. The Morgan fingerprint density at radius 2 is 2.29 bits per heavy atom. The molecule has 1 atom stereocenters. The van der Waals surface area contributed by atoms with Crippen molar-refractivity contribution in [3.8, 4) is 0 Å². The third-order valence-corrected chi connectivity index (χ3v) is 3.39. The normalized spacial score (nSPS) is 21.7. The lowest BCUT2D eigenvalue weighted by molar-refractivity contribution is -0.00796. The lowest BCUT2D eigenvalue weighted by Crippen LogP contribution is -2.48. The first-order valence-electron chi connectivity index (χ1n) is 5.66. The summed E-state index contributed by atoms with van der Waals surface area (Å²) >= 11 is 3.30. The molecule has 2 rings (SSSR count). The molecule has 1 saturated heterocycles. The second-order valence-electron chi connectivity index (χ2n) is 4.21. The first kappa shape index (κ1) is 13.0. The molecule has 0 amide bonds. The van der Waals surface area contributed by atoms with Gasteiger partial charge in [-0.1, -0.05) is 15.9 Å². The monoisotopic (exact) mass is 302 g/mol. The highest BCUT2D eigenvalue weighted by Crippen LogP contribution is 2.18. The third-order valence-electron chi connectivity index (χ3n) is 2.93. The van der Waals surface area contributed by atoms with Crippen molar-refractivity contribution >= 4 is 15.9 Å². The number of benzene rings is 1. The quantitative estimate of drug-likeness (QED) is 0.924. The summed E-state index contributed by atoms with van der Waals surface area (Å²) in [5.41, 5.74) is 6.66. The molecule has 0 spiro atoms. The molecule has 5 heteroatoms. The Morgan fingerprint density at radius 3 is 3.00 bits per heavy atom. The minimum Gasteiger partial charge on any atom is -0.378 e. The highest BCUT2D eigenvalue weighted by Gasteiger charge is 2.21. The van der Waals surface area contributed by atoms with E-state index in [9.17, 15) is 4.39 Å². The molecule has 1 aromatic rings. The van der Waals surface area contributed by atoms with E-state index in [4.69, 9.17) is 10.5 Å². The fraction of sp³-hybridized carbons (Fsp3) is 0.500. The zero-order valence-corrected chi connectivity index (χ0v) is 11.1. The molecule has 94 valence electrons. The number of nitrogens with two attached hydrogens (primary N) is 1. The van der Waals surface area contributed by atoms with Crippen molar-refractivity contribution in [1.82, 2.24) is 4.90 Å². The van der Waals surface area contributed by atoms with Crippen LogP contribution in [0.3, 0.4) is 0 Å². The SMILES string of the molecule is NCC1COCCN1Cc1cc(F)cc(Br)c1. The number of nitrogens with zero attached hydrogens (tertiary/aromatic N) is 1.